The number of aliphatic carboxylic acids is 2. The molecule has 0 heterocycles. The molecule has 14 atom stereocenters. The molecule has 1 aromatic carbocycles. The minimum atomic E-state index is -1.97. The van der Waals surface area contributed by atoms with Gasteiger partial charge in [0, 0.05) is 24.5 Å². The molecule has 0 unspecified atom stereocenters. The molecule has 46 heteroatoms. The van der Waals surface area contributed by atoms with Gasteiger partial charge in [-0.1, -0.05) is 92.1 Å². The highest BCUT2D eigenvalue weighted by Crippen LogP contribution is 2.15. The van der Waals surface area contributed by atoms with E-state index in [2.05, 4.69) is 116 Å². The third kappa shape index (κ3) is 43.7. The first kappa shape index (κ1) is 108. The summed E-state index contributed by atoms with van der Waals surface area (Å²) in [6.07, 6.45) is 0.926. The highest BCUT2D eigenvalue weighted by molar-refractivity contribution is 7.98. The molecule has 0 aliphatic heterocycles. The highest BCUT2D eigenvalue weighted by Gasteiger charge is 2.38. The van der Waals surface area contributed by atoms with E-state index in [1.165, 1.54) is 11.8 Å². The molecule has 0 aliphatic rings. The van der Waals surface area contributed by atoms with Crippen LogP contribution >= 0.6 is 37.0 Å². The largest absolute Gasteiger partial charge is 0.481 e. The van der Waals surface area contributed by atoms with Crippen LogP contribution in [0.4, 0.5) is 0 Å². The molecule has 1 rings (SSSR count). The Morgan fingerprint density at radius 3 is 1.23 bits per heavy atom. The first-order valence-corrected chi connectivity index (χ1v) is 41.9. The molecule has 676 valence electrons. The Hall–Kier alpha value is -10.2. The number of hydrogen-bond acceptors (Lipinski definition) is 26. The number of carboxylic acids is 2. The Morgan fingerprint density at radius 1 is 0.433 bits per heavy atom. The van der Waals surface area contributed by atoms with E-state index in [0.717, 1.165) is 0 Å². The van der Waals surface area contributed by atoms with Crippen LogP contribution in [0.3, 0.4) is 0 Å². The quantitative estimate of drug-likeness (QED) is 0.0125. The van der Waals surface area contributed by atoms with Gasteiger partial charge in [-0.3, -0.25) is 86.9 Å². The van der Waals surface area contributed by atoms with Gasteiger partial charge in [-0.05, 0) is 106 Å². The molecular weight excluding hydrogens is 1630 g/mol. The van der Waals surface area contributed by atoms with Crippen molar-refractivity contribution < 1.29 is 107 Å². The van der Waals surface area contributed by atoms with Crippen LogP contribution in [0.2, 0.25) is 0 Å². The number of amides is 16. The minimum absolute atomic E-state index is 0.0178. The van der Waals surface area contributed by atoms with Gasteiger partial charge in [-0.2, -0.15) is 37.0 Å². The van der Waals surface area contributed by atoms with Crippen molar-refractivity contribution in [1.29, 1.82) is 5.41 Å². The van der Waals surface area contributed by atoms with Gasteiger partial charge in [-0.15, -0.1) is 0 Å². The number of hydrogen-bond donors (Lipinski definition) is 27. The van der Waals surface area contributed by atoms with Crippen LogP contribution in [0.1, 0.15) is 132 Å². The first-order valence-electron chi connectivity index (χ1n) is 39.2. The zero-order valence-corrected chi connectivity index (χ0v) is 71.7. The molecular formula is C74H125N21O22S3. The van der Waals surface area contributed by atoms with E-state index in [-0.39, 0.29) is 112 Å². The second-order valence-electron chi connectivity index (χ2n) is 29.6. The highest BCUT2D eigenvalue weighted by atomic mass is 32.2. The van der Waals surface area contributed by atoms with E-state index in [4.69, 9.17) is 22.6 Å². The van der Waals surface area contributed by atoms with E-state index in [1.54, 1.807) is 92.0 Å². The van der Waals surface area contributed by atoms with Crippen molar-refractivity contribution in [2.75, 3.05) is 76.0 Å². The normalized spacial score (nSPS) is 14.6. The SMILES string of the molecule is CC[C@H](C)[C@H](NC(=O)[C@H](CCCNC(=N)N)NC(=O)[C@H](CC(=O)O)NC(=O)[C@H](CC(C)C)NC(=O)[C@H](CCCCN)NC(=O)[C@H](CC(C)C)NC(=O)CNC(=O)[C@H](Cc1ccccc1)NC(=O)[C@@H](N)CS)C(=O)NCC(=O)N[C@@H](CO)C(=O)N[C@@H](CCSC)C(=O)N[C@@H](CO)C(=O)NCC(=O)N[C@@H](CC(C)C)C(=O)NCC(=O)N[C@@H](CS)C(=O)O. The number of aliphatic hydroxyl groups excluding tert-OH is 2. The van der Waals surface area contributed by atoms with Crippen molar-refractivity contribution in [2.24, 2.45) is 40.9 Å². The van der Waals surface area contributed by atoms with Gasteiger partial charge in [0.05, 0.1) is 51.9 Å². The summed E-state index contributed by atoms with van der Waals surface area (Å²) in [5, 5.41) is 88.5. The van der Waals surface area contributed by atoms with Crippen molar-refractivity contribution in [2.45, 2.75) is 211 Å². The third-order valence-electron chi connectivity index (χ3n) is 17.9. The van der Waals surface area contributed by atoms with Gasteiger partial charge in [-0.25, -0.2) is 4.79 Å². The number of thioether (sulfide) groups is 1. The molecule has 120 heavy (non-hydrogen) atoms. The number of thiol groups is 2. The van der Waals surface area contributed by atoms with Crippen LogP contribution in [0.15, 0.2) is 30.3 Å². The fourth-order valence-electron chi connectivity index (χ4n) is 11.3. The second-order valence-corrected chi connectivity index (χ2v) is 31.3. The summed E-state index contributed by atoms with van der Waals surface area (Å²) >= 11 is 9.16. The Labute approximate surface area is 712 Å². The number of rotatable bonds is 60. The predicted octanol–water partition coefficient (Wildman–Crippen LogP) is -7.43. The number of aliphatic hydroxyl groups is 2. The van der Waals surface area contributed by atoms with Crippen LogP contribution < -0.4 is 108 Å². The third-order valence-corrected chi connectivity index (χ3v) is 19.3. The summed E-state index contributed by atoms with van der Waals surface area (Å²) in [4.78, 5) is 242. The van der Waals surface area contributed by atoms with E-state index in [9.17, 15) is 107 Å². The number of unbranched alkanes of at least 4 members (excludes halogenated alkanes) is 1. The maximum absolute atomic E-state index is 14.4. The average Bonchev–Trinajstić information content (AvgIpc) is 0.854. The summed E-state index contributed by atoms with van der Waals surface area (Å²) < 4.78 is 0. The minimum Gasteiger partial charge on any atom is -0.481 e. The zero-order chi connectivity index (χ0) is 90.9. The molecule has 0 aromatic heterocycles. The van der Waals surface area contributed by atoms with Crippen LogP contribution in [0.5, 0.6) is 0 Å². The fourth-order valence-corrected chi connectivity index (χ4v) is 12.2. The van der Waals surface area contributed by atoms with Gasteiger partial charge >= 0.3 is 11.9 Å². The van der Waals surface area contributed by atoms with Gasteiger partial charge in [0.25, 0.3) is 0 Å². The molecule has 0 spiro atoms. The van der Waals surface area contributed by atoms with Crippen LogP contribution in [-0.4, -0.2) is 287 Å². The van der Waals surface area contributed by atoms with Crippen molar-refractivity contribution in [3.63, 3.8) is 0 Å². The van der Waals surface area contributed by atoms with E-state index in [0.29, 0.717) is 12.0 Å². The first-order chi connectivity index (χ1) is 56.6. The fraction of sp³-hybridized carbons (Fsp3) is 0.662. The summed E-state index contributed by atoms with van der Waals surface area (Å²) in [7, 11) is 0. The summed E-state index contributed by atoms with van der Waals surface area (Å²) in [5.74, 6) is -20.3. The molecule has 0 saturated heterocycles. The summed E-state index contributed by atoms with van der Waals surface area (Å²) in [5.41, 5.74) is 17.8. The predicted molar refractivity (Wildman–Crippen MR) is 448 cm³/mol. The molecule has 16 amide bonds. The van der Waals surface area contributed by atoms with Gasteiger partial charge in [0.1, 0.15) is 72.5 Å². The van der Waals surface area contributed by atoms with Crippen molar-refractivity contribution in [3.05, 3.63) is 35.9 Å². The number of carboxylic acid groups (broad SMARTS) is 2. The Balaban J connectivity index is 3.40. The average molecular weight is 1760 g/mol. The summed E-state index contributed by atoms with van der Waals surface area (Å²) in [6.45, 7) is 8.57. The maximum Gasteiger partial charge on any atom is 0.327 e. The molecule has 0 aliphatic carbocycles. The topological polar surface area (TPSA) is 695 Å². The number of nitrogens with one attached hydrogen (secondary N) is 18. The standard InChI is InChI=1S/C74H125N21O22S3/c1-10-41(8)60(72(115)83-33-57(100)86-53(35-97)71(114)90-46(21-24-120-9)66(109)94-52(34-96)64(107)82-31-55(98)84-47(25-38(2)3)62(105)80-32-58(101)87-54(37-119)73(116)117)95-67(110)45(20-16-23-79-74(77)78)89-70(113)51(29-59(102)103)93-69(112)49(27-40(6)7)92-65(108)44(19-14-15-22-75)88-68(111)48(26-39(4)5)85-56(99)30-81-63(106)50(91-61(104)43(76)36-118)28-42-17-12-11-13-18-42/h11-13,17-18,38-41,43-54,60,96-97,118-119H,10,14-16,19-37,75-76H2,1-9H3,(H,80,105)(H,81,106)(H,82,107)(H,83,115)(H,84,98)(H,85,99)(H,86,100)(H,87,101)(H,88,111)(H,89,113)(H,90,114)(H,91,104)(H,92,108)(H,93,112)(H,94,109)(H,95,110)(H,102,103)(H,116,117)(H4,77,78,79)/t41-,43-,44-,45-,46-,47-,48-,49-,50-,51-,52-,53-,54-,60-/m0/s1. The Kier molecular flexibility index (Phi) is 52.8. The van der Waals surface area contributed by atoms with E-state index < -0.39 is 243 Å². The zero-order valence-electron chi connectivity index (χ0n) is 69.1. The molecule has 43 nitrogen and oxygen atoms in total. The number of nitrogens with two attached hydrogens (primary N) is 3. The summed E-state index contributed by atoms with van der Waals surface area (Å²) in [6, 6.07) is -10.4. The number of carbonyl (C=O) groups excluding carboxylic acids is 16. The van der Waals surface area contributed by atoms with Gasteiger partial charge in [0.15, 0.2) is 5.96 Å². The lowest BCUT2D eigenvalue weighted by atomic mass is 9.97. The van der Waals surface area contributed by atoms with Crippen molar-refractivity contribution in [1.82, 2.24) is 90.4 Å². The van der Waals surface area contributed by atoms with Crippen molar-refractivity contribution in [3.8, 4) is 0 Å². The molecule has 0 fully saturated rings. The van der Waals surface area contributed by atoms with Gasteiger partial charge < -0.3 is 128 Å². The van der Waals surface area contributed by atoms with Crippen LogP contribution in [0, 0.1) is 29.1 Å². The molecule has 0 bridgehead atoms. The van der Waals surface area contributed by atoms with Crippen molar-refractivity contribution >= 4 is 149 Å². The van der Waals surface area contributed by atoms with E-state index in [1.807, 2.05) is 0 Å². The Bertz CT molecular complexity index is 3580. The lowest BCUT2D eigenvalue weighted by molar-refractivity contribution is -0.142. The Morgan fingerprint density at radius 2 is 0.800 bits per heavy atom. The van der Waals surface area contributed by atoms with Gasteiger partial charge in [0.2, 0.25) is 94.5 Å². The van der Waals surface area contributed by atoms with E-state index >= 15 is 0 Å². The molecule has 0 radical (unpaired) electrons. The lowest BCUT2D eigenvalue weighted by Crippen LogP contribution is -2.61. The molecule has 28 N–H and O–H groups in total. The molecule has 0 saturated carbocycles. The monoisotopic (exact) mass is 1760 g/mol. The second kappa shape index (κ2) is 58.7. The smallest absolute Gasteiger partial charge is 0.327 e. The van der Waals surface area contributed by atoms with Crippen LogP contribution in [-0.2, 0) is 92.7 Å². The van der Waals surface area contributed by atoms with Crippen LogP contribution in [0.25, 0.3) is 0 Å². The number of benzene rings is 1. The lowest BCUT2D eigenvalue weighted by Gasteiger charge is -2.29. The maximum atomic E-state index is 14.4. The number of guanidine groups is 1. The number of carbonyl (C=O) groups is 18. The molecule has 1 aromatic rings.